The van der Waals surface area contributed by atoms with Gasteiger partial charge in [0.1, 0.15) is 0 Å². The number of rotatable bonds is 4. The predicted octanol–water partition coefficient (Wildman–Crippen LogP) is 2.60. The van der Waals surface area contributed by atoms with Gasteiger partial charge in [-0.3, -0.25) is 0 Å². The second-order valence-corrected chi connectivity index (χ2v) is 5.89. The second kappa shape index (κ2) is 5.61. The summed E-state index contributed by atoms with van der Waals surface area (Å²) in [6.07, 6.45) is 3.40. The molecule has 1 fully saturated rings. The van der Waals surface area contributed by atoms with Gasteiger partial charge < -0.3 is 16.4 Å². The van der Waals surface area contributed by atoms with Crippen molar-refractivity contribution in [2.45, 2.75) is 44.6 Å². The first kappa shape index (κ1) is 13.9. The Morgan fingerprint density at radius 1 is 1.32 bits per heavy atom. The number of nitrogens with one attached hydrogen (secondary N) is 2. The fourth-order valence-electron chi connectivity index (χ4n) is 2.03. The zero-order chi connectivity index (χ0) is 13.9. The summed E-state index contributed by atoms with van der Waals surface area (Å²) >= 11 is 0. The van der Waals surface area contributed by atoms with Crippen LogP contribution in [0.1, 0.15) is 38.7 Å². The van der Waals surface area contributed by atoms with Crippen molar-refractivity contribution in [3.63, 3.8) is 0 Å². The Kier molecular flexibility index (Phi) is 4.10. The van der Waals surface area contributed by atoms with E-state index in [1.165, 1.54) is 12.0 Å². The van der Waals surface area contributed by atoms with Gasteiger partial charge in [-0.1, -0.05) is 26.0 Å². The molecule has 0 saturated heterocycles. The molecule has 0 heterocycles. The lowest BCUT2D eigenvalue weighted by Crippen LogP contribution is -2.41. The van der Waals surface area contributed by atoms with Crippen molar-refractivity contribution in [1.29, 1.82) is 0 Å². The van der Waals surface area contributed by atoms with E-state index in [1.807, 2.05) is 24.3 Å². The molecule has 0 bridgehead atoms. The fourth-order valence-corrected chi connectivity index (χ4v) is 2.03. The number of amides is 2. The van der Waals surface area contributed by atoms with Crippen molar-refractivity contribution in [2.75, 3.05) is 11.9 Å². The van der Waals surface area contributed by atoms with Crippen LogP contribution < -0.4 is 16.4 Å². The van der Waals surface area contributed by atoms with Crippen LogP contribution >= 0.6 is 0 Å². The van der Waals surface area contributed by atoms with E-state index in [2.05, 4.69) is 24.5 Å². The van der Waals surface area contributed by atoms with Crippen molar-refractivity contribution < 1.29 is 4.79 Å². The van der Waals surface area contributed by atoms with Crippen LogP contribution in [0.25, 0.3) is 0 Å². The lowest BCUT2D eigenvalue weighted by Gasteiger charge is -2.26. The zero-order valence-electron chi connectivity index (χ0n) is 11.7. The lowest BCUT2D eigenvalue weighted by molar-refractivity contribution is 0.240. The first-order valence-electron chi connectivity index (χ1n) is 6.89. The largest absolute Gasteiger partial charge is 0.335 e. The molecule has 1 aliphatic rings. The van der Waals surface area contributed by atoms with E-state index in [-0.39, 0.29) is 11.4 Å². The highest BCUT2D eigenvalue weighted by Gasteiger charge is 2.20. The Labute approximate surface area is 114 Å². The number of hydrogen-bond acceptors (Lipinski definition) is 2. The van der Waals surface area contributed by atoms with Crippen LogP contribution in [0.5, 0.6) is 0 Å². The van der Waals surface area contributed by atoms with Crippen LogP contribution in [0.3, 0.4) is 0 Å². The van der Waals surface area contributed by atoms with Gasteiger partial charge in [0.25, 0.3) is 0 Å². The molecule has 4 heteroatoms. The zero-order valence-corrected chi connectivity index (χ0v) is 11.7. The van der Waals surface area contributed by atoms with Crippen molar-refractivity contribution in [2.24, 2.45) is 5.73 Å². The molecule has 0 radical (unpaired) electrons. The summed E-state index contributed by atoms with van der Waals surface area (Å²) in [7, 11) is 0. The number of urea groups is 1. The summed E-state index contributed by atoms with van der Waals surface area (Å²) in [6.45, 7) is 4.82. The number of anilines is 1. The van der Waals surface area contributed by atoms with Gasteiger partial charge in [0.05, 0.1) is 0 Å². The minimum Gasteiger partial charge on any atom is -0.335 e. The standard InChI is InChI=1S/C15H23N3O/c1-15(2,10-16)11-6-8-13(9-7-11)18-14(19)17-12-4-3-5-12/h6-9,12H,3-5,10,16H2,1-2H3,(H2,17,18,19). The summed E-state index contributed by atoms with van der Waals surface area (Å²) in [5.74, 6) is 0. The molecule has 1 aromatic rings. The van der Waals surface area contributed by atoms with Crippen LogP contribution in [0.15, 0.2) is 24.3 Å². The van der Waals surface area contributed by atoms with E-state index in [1.54, 1.807) is 0 Å². The maximum atomic E-state index is 11.7. The van der Waals surface area contributed by atoms with Gasteiger partial charge in [-0.05, 0) is 37.0 Å². The third kappa shape index (κ3) is 3.47. The average Bonchev–Trinajstić information content (AvgIpc) is 2.35. The molecule has 0 spiro atoms. The lowest BCUT2D eigenvalue weighted by atomic mass is 9.85. The SMILES string of the molecule is CC(C)(CN)c1ccc(NC(=O)NC2CCC2)cc1. The van der Waals surface area contributed by atoms with Crippen molar-refractivity contribution in [3.05, 3.63) is 29.8 Å². The Morgan fingerprint density at radius 2 is 1.95 bits per heavy atom. The Morgan fingerprint density at radius 3 is 2.42 bits per heavy atom. The van der Waals surface area contributed by atoms with Gasteiger partial charge in [-0.25, -0.2) is 4.79 Å². The van der Waals surface area contributed by atoms with Gasteiger partial charge in [0.2, 0.25) is 0 Å². The number of carbonyl (C=O) groups excluding carboxylic acids is 1. The van der Waals surface area contributed by atoms with Gasteiger partial charge in [0, 0.05) is 23.7 Å². The topological polar surface area (TPSA) is 67.1 Å². The molecule has 0 aliphatic heterocycles. The third-order valence-corrected chi connectivity index (χ3v) is 3.87. The molecule has 1 saturated carbocycles. The average molecular weight is 261 g/mol. The predicted molar refractivity (Wildman–Crippen MR) is 78.3 cm³/mol. The maximum Gasteiger partial charge on any atom is 0.319 e. The molecule has 2 rings (SSSR count). The van der Waals surface area contributed by atoms with Crippen LogP contribution in [-0.2, 0) is 5.41 Å². The molecule has 19 heavy (non-hydrogen) atoms. The van der Waals surface area contributed by atoms with E-state index in [4.69, 9.17) is 5.73 Å². The minimum absolute atomic E-state index is 0.0350. The van der Waals surface area contributed by atoms with Gasteiger partial charge in [-0.15, -0.1) is 0 Å². The Hall–Kier alpha value is -1.55. The van der Waals surface area contributed by atoms with Gasteiger partial charge in [-0.2, -0.15) is 0 Å². The smallest absolute Gasteiger partial charge is 0.319 e. The first-order valence-corrected chi connectivity index (χ1v) is 6.89. The van der Waals surface area contributed by atoms with Crippen molar-refractivity contribution in [1.82, 2.24) is 5.32 Å². The van der Waals surface area contributed by atoms with E-state index in [9.17, 15) is 4.79 Å². The highest BCUT2D eigenvalue weighted by molar-refractivity contribution is 5.89. The maximum absolute atomic E-state index is 11.7. The fraction of sp³-hybridized carbons (Fsp3) is 0.533. The van der Waals surface area contributed by atoms with E-state index in [0.717, 1.165) is 18.5 Å². The van der Waals surface area contributed by atoms with Crippen LogP contribution in [0.2, 0.25) is 0 Å². The number of hydrogen-bond donors (Lipinski definition) is 3. The van der Waals surface area contributed by atoms with Crippen molar-refractivity contribution in [3.8, 4) is 0 Å². The van der Waals surface area contributed by atoms with Gasteiger partial charge >= 0.3 is 6.03 Å². The summed E-state index contributed by atoms with van der Waals surface area (Å²) < 4.78 is 0. The Bertz CT molecular complexity index is 435. The molecule has 1 aromatic carbocycles. The summed E-state index contributed by atoms with van der Waals surface area (Å²) in [5, 5.41) is 5.81. The number of carbonyl (C=O) groups is 1. The van der Waals surface area contributed by atoms with Crippen LogP contribution in [-0.4, -0.2) is 18.6 Å². The third-order valence-electron chi connectivity index (χ3n) is 3.87. The second-order valence-electron chi connectivity index (χ2n) is 5.89. The molecular formula is C15H23N3O. The summed E-state index contributed by atoms with van der Waals surface area (Å²) in [4.78, 5) is 11.7. The molecule has 2 amide bonds. The normalized spacial score (nSPS) is 15.7. The van der Waals surface area contributed by atoms with E-state index in [0.29, 0.717) is 12.6 Å². The van der Waals surface area contributed by atoms with E-state index >= 15 is 0 Å². The molecule has 0 unspecified atom stereocenters. The summed E-state index contributed by atoms with van der Waals surface area (Å²) in [5.41, 5.74) is 7.71. The molecule has 4 N–H and O–H groups in total. The van der Waals surface area contributed by atoms with Crippen LogP contribution in [0, 0.1) is 0 Å². The highest BCUT2D eigenvalue weighted by atomic mass is 16.2. The molecule has 0 atom stereocenters. The first-order chi connectivity index (χ1) is 9.01. The molecule has 1 aliphatic carbocycles. The number of nitrogens with two attached hydrogens (primary N) is 1. The minimum atomic E-state index is -0.115. The van der Waals surface area contributed by atoms with E-state index < -0.39 is 0 Å². The quantitative estimate of drug-likeness (QED) is 0.780. The molecule has 104 valence electrons. The van der Waals surface area contributed by atoms with Gasteiger partial charge in [0.15, 0.2) is 0 Å². The molecule has 0 aromatic heterocycles. The molecule has 4 nitrogen and oxygen atoms in total. The number of benzene rings is 1. The summed E-state index contributed by atoms with van der Waals surface area (Å²) in [6, 6.07) is 8.13. The van der Waals surface area contributed by atoms with Crippen LogP contribution in [0.4, 0.5) is 10.5 Å². The molecular weight excluding hydrogens is 238 g/mol. The Balaban J connectivity index is 1.92. The van der Waals surface area contributed by atoms with Crippen molar-refractivity contribution >= 4 is 11.7 Å². The monoisotopic (exact) mass is 261 g/mol. The highest BCUT2D eigenvalue weighted by Crippen LogP contribution is 2.23.